The average Bonchev–Trinajstić information content (AvgIpc) is 2.88. The molecule has 2 nitrogen and oxygen atoms in total. The highest BCUT2D eigenvalue weighted by Gasteiger charge is 2.42. The quantitative estimate of drug-likeness (QED) is 0.863. The van der Waals surface area contributed by atoms with Crippen molar-refractivity contribution in [2.24, 2.45) is 0 Å². The van der Waals surface area contributed by atoms with E-state index in [2.05, 4.69) is 5.32 Å². The van der Waals surface area contributed by atoms with Crippen LogP contribution in [0, 0.1) is 11.6 Å². The molecule has 1 fully saturated rings. The summed E-state index contributed by atoms with van der Waals surface area (Å²) in [6, 6.07) is 3.95. The second kappa shape index (κ2) is 6.64. The van der Waals surface area contributed by atoms with Crippen molar-refractivity contribution in [3.63, 3.8) is 0 Å². The van der Waals surface area contributed by atoms with Gasteiger partial charge in [0.2, 0.25) is 0 Å². The first kappa shape index (κ1) is 15.4. The molecule has 1 aromatic rings. The largest absolute Gasteiger partial charge is 0.374 e. The molecule has 2 rings (SSSR count). The minimum atomic E-state index is -0.477. The maximum Gasteiger partial charge on any atom is 0.129 e. The van der Waals surface area contributed by atoms with E-state index in [0.717, 1.165) is 25.7 Å². The number of nitrogens with one attached hydrogen (secondary N) is 1. The summed E-state index contributed by atoms with van der Waals surface area (Å²) in [6.45, 7) is 2.59. The molecule has 1 N–H and O–H groups in total. The van der Waals surface area contributed by atoms with Crippen LogP contribution in [0.15, 0.2) is 18.2 Å². The van der Waals surface area contributed by atoms with E-state index in [1.165, 1.54) is 18.2 Å². The molecule has 0 aromatic heterocycles. The lowest BCUT2D eigenvalue weighted by molar-refractivity contribution is -0.0599. The number of hydrogen-bond donors (Lipinski definition) is 1. The first-order valence-corrected chi connectivity index (χ1v) is 7.37. The lowest BCUT2D eigenvalue weighted by atomic mass is 9.87. The number of likely N-dealkylation sites (N-methyl/N-ethyl adjacent to an activating group) is 1. The van der Waals surface area contributed by atoms with E-state index in [-0.39, 0.29) is 17.2 Å². The van der Waals surface area contributed by atoms with E-state index in [4.69, 9.17) is 4.74 Å². The Balaban J connectivity index is 2.23. The molecule has 1 atom stereocenters. The van der Waals surface area contributed by atoms with E-state index in [9.17, 15) is 8.78 Å². The standard InChI is InChI=1S/C16H23F2NO/c1-3-20-16(9-4-5-10-16)15(19-2)11-12-13(17)7-6-8-14(12)18/h6-8,15,19H,3-5,9-11H2,1-2H3. The van der Waals surface area contributed by atoms with Crippen molar-refractivity contribution in [1.29, 1.82) is 0 Å². The third-order valence-electron chi connectivity index (χ3n) is 4.34. The number of rotatable bonds is 6. The average molecular weight is 283 g/mol. The summed E-state index contributed by atoms with van der Waals surface area (Å²) < 4.78 is 33.7. The van der Waals surface area contributed by atoms with Gasteiger partial charge in [0, 0.05) is 18.2 Å². The molecular formula is C16H23F2NO. The molecule has 0 spiro atoms. The second-order valence-corrected chi connectivity index (χ2v) is 5.45. The van der Waals surface area contributed by atoms with Gasteiger partial charge in [0.05, 0.1) is 5.60 Å². The fourth-order valence-electron chi connectivity index (χ4n) is 3.34. The fourth-order valence-corrected chi connectivity index (χ4v) is 3.34. The summed E-state index contributed by atoms with van der Waals surface area (Å²) in [5.41, 5.74) is -0.143. The van der Waals surface area contributed by atoms with Crippen LogP contribution in [-0.4, -0.2) is 25.3 Å². The highest BCUT2D eigenvalue weighted by molar-refractivity contribution is 5.22. The Morgan fingerprint density at radius 1 is 1.25 bits per heavy atom. The lowest BCUT2D eigenvalue weighted by Gasteiger charge is -2.37. The maximum atomic E-state index is 13.8. The summed E-state index contributed by atoms with van der Waals surface area (Å²) in [7, 11) is 1.84. The van der Waals surface area contributed by atoms with Gasteiger partial charge in [0.25, 0.3) is 0 Å². The molecule has 4 heteroatoms. The van der Waals surface area contributed by atoms with Crippen molar-refractivity contribution in [2.75, 3.05) is 13.7 Å². The molecule has 112 valence electrons. The minimum Gasteiger partial charge on any atom is -0.374 e. The van der Waals surface area contributed by atoms with Crippen molar-refractivity contribution >= 4 is 0 Å². The molecule has 1 unspecified atom stereocenters. The van der Waals surface area contributed by atoms with Crippen molar-refractivity contribution in [1.82, 2.24) is 5.32 Å². The number of halogens is 2. The highest BCUT2D eigenvalue weighted by Crippen LogP contribution is 2.37. The van der Waals surface area contributed by atoms with Gasteiger partial charge in [-0.15, -0.1) is 0 Å². The van der Waals surface area contributed by atoms with Crippen molar-refractivity contribution < 1.29 is 13.5 Å². The number of hydrogen-bond acceptors (Lipinski definition) is 2. The smallest absolute Gasteiger partial charge is 0.129 e. The zero-order valence-corrected chi connectivity index (χ0v) is 12.2. The van der Waals surface area contributed by atoms with Gasteiger partial charge >= 0.3 is 0 Å². The lowest BCUT2D eigenvalue weighted by Crippen LogP contribution is -2.51. The normalized spacial score (nSPS) is 19.2. The molecule has 1 aromatic carbocycles. The van der Waals surface area contributed by atoms with Crippen molar-refractivity contribution in [3.8, 4) is 0 Å². The van der Waals surface area contributed by atoms with E-state index in [1.54, 1.807) is 0 Å². The molecule has 1 saturated carbocycles. The first-order chi connectivity index (χ1) is 9.63. The Bertz CT molecular complexity index is 424. The second-order valence-electron chi connectivity index (χ2n) is 5.45. The van der Waals surface area contributed by atoms with Gasteiger partial charge in [-0.2, -0.15) is 0 Å². The van der Waals surface area contributed by atoms with Gasteiger partial charge < -0.3 is 10.1 Å². The molecule has 0 aliphatic heterocycles. The Morgan fingerprint density at radius 2 is 1.85 bits per heavy atom. The summed E-state index contributed by atoms with van der Waals surface area (Å²) in [5.74, 6) is -0.954. The SMILES string of the molecule is CCOC1(C(Cc2c(F)cccc2F)NC)CCCC1. The van der Waals surface area contributed by atoms with Crippen LogP contribution in [0.25, 0.3) is 0 Å². The van der Waals surface area contributed by atoms with Crippen LogP contribution in [0.5, 0.6) is 0 Å². The molecule has 1 aliphatic carbocycles. The van der Waals surface area contributed by atoms with E-state index in [0.29, 0.717) is 13.0 Å². The predicted octanol–water partition coefficient (Wildman–Crippen LogP) is 3.44. The zero-order valence-electron chi connectivity index (χ0n) is 12.2. The molecule has 0 heterocycles. The zero-order chi connectivity index (χ0) is 14.6. The van der Waals surface area contributed by atoms with E-state index in [1.807, 2.05) is 14.0 Å². The fraction of sp³-hybridized carbons (Fsp3) is 0.625. The summed E-state index contributed by atoms with van der Waals surface area (Å²) in [4.78, 5) is 0. The summed E-state index contributed by atoms with van der Waals surface area (Å²) in [5, 5.41) is 3.21. The topological polar surface area (TPSA) is 21.3 Å². The van der Waals surface area contributed by atoms with Crippen molar-refractivity contribution in [3.05, 3.63) is 35.4 Å². The van der Waals surface area contributed by atoms with Gasteiger partial charge in [-0.1, -0.05) is 18.9 Å². The number of benzene rings is 1. The Hall–Kier alpha value is -1.00. The van der Waals surface area contributed by atoms with Crippen LogP contribution in [0.4, 0.5) is 8.78 Å². The molecule has 20 heavy (non-hydrogen) atoms. The molecule has 0 radical (unpaired) electrons. The highest BCUT2D eigenvalue weighted by atomic mass is 19.1. The van der Waals surface area contributed by atoms with Gasteiger partial charge in [-0.25, -0.2) is 8.78 Å². The van der Waals surface area contributed by atoms with Gasteiger partial charge in [0.1, 0.15) is 11.6 Å². The Morgan fingerprint density at radius 3 is 2.35 bits per heavy atom. The van der Waals surface area contributed by atoms with E-state index >= 15 is 0 Å². The van der Waals surface area contributed by atoms with Crippen LogP contribution in [0.3, 0.4) is 0 Å². The van der Waals surface area contributed by atoms with E-state index < -0.39 is 11.6 Å². The first-order valence-electron chi connectivity index (χ1n) is 7.37. The molecule has 0 saturated heterocycles. The predicted molar refractivity (Wildman–Crippen MR) is 75.7 cm³/mol. The summed E-state index contributed by atoms with van der Waals surface area (Å²) in [6.07, 6.45) is 4.43. The van der Waals surface area contributed by atoms with Crippen LogP contribution < -0.4 is 5.32 Å². The van der Waals surface area contributed by atoms with Crippen molar-refractivity contribution in [2.45, 2.75) is 50.7 Å². The van der Waals surface area contributed by atoms with Gasteiger partial charge in [-0.05, 0) is 45.4 Å². The van der Waals surface area contributed by atoms with Gasteiger partial charge in [0.15, 0.2) is 0 Å². The maximum absolute atomic E-state index is 13.8. The summed E-state index contributed by atoms with van der Waals surface area (Å²) >= 11 is 0. The monoisotopic (exact) mass is 283 g/mol. The molecular weight excluding hydrogens is 260 g/mol. The third kappa shape index (κ3) is 3.01. The minimum absolute atomic E-state index is 0.0728. The Kier molecular flexibility index (Phi) is 5.11. The molecule has 1 aliphatic rings. The number of ether oxygens (including phenoxy) is 1. The Labute approximate surface area is 119 Å². The molecule has 0 bridgehead atoms. The third-order valence-corrected chi connectivity index (χ3v) is 4.34. The van der Waals surface area contributed by atoms with Crippen LogP contribution in [-0.2, 0) is 11.2 Å². The van der Waals surface area contributed by atoms with Crippen LogP contribution in [0.2, 0.25) is 0 Å². The van der Waals surface area contributed by atoms with Crippen LogP contribution >= 0.6 is 0 Å². The van der Waals surface area contributed by atoms with Gasteiger partial charge in [-0.3, -0.25) is 0 Å². The van der Waals surface area contributed by atoms with Crippen LogP contribution in [0.1, 0.15) is 38.2 Å². The molecule has 0 amide bonds.